The standard InChI is InChI=1S/C21H30N5O3PS2/c1-5-14-15(9-17(27-14)26-11-25-18-19(22)23-10-24-20(18)26)28-30(31)29-16-8-13(12(2)3)6-7-21(16,4)32-30/h10-11,13-17H,2,5-9H2,1,3-4H3,(H2,22,23,24)/t13-,14+,15-,16+,17+,21+,30-/m0/s1. The van der Waals surface area contributed by atoms with Crippen molar-refractivity contribution in [1.29, 1.82) is 0 Å². The Morgan fingerprint density at radius 3 is 3.00 bits per heavy atom. The van der Waals surface area contributed by atoms with E-state index >= 15 is 0 Å². The Morgan fingerprint density at radius 1 is 1.44 bits per heavy atom. The van der Waals surface area contributed by atoms with E-state index in [9.17, 15) is 0 Å². The predicted octanol–water partition coefficient (Wildman–Crippen LogP) is 4.98. The van der Waals surface area contributed by atoms with Crippen LogP contribution in [0, 0.1) is 5.92 Å². The number of rotatable bonds is 5. The third-order valence-corrected chi connectivity index (χ3v) is 12.8. The zero-order valence-corrected chi connectivity index (χ0v) is 21.2. The Balaban J connectivity index is 1.33. The molecule has 2 aromatic rings. The maximum absolute atomic E-state index is 6.61. The molecule has 5 rings (SSSR count). The van der Waals surface area contributed by atoms with Crippen LogP contribution < -0.4 is 5.73 Å². The summed E-state index contributed by atoms with van der Waals surface area (Å²) < 4.78 is 21.4. The van der Waals surface area contributed by atoms with Crippen molar-refractivity contribution in [3.8, 4) is 0 Å². The van der Waals surface area contributed by atoms with E-state index in [0.29, 0.717) is 29.3 Å². The molecule has 2 aliphatic heterocycles. The fourth-order valence-electron chi connectivity index (χ4n) is 5.02. The van der Waals surface area contributed by atoms with Gasteiger partial charge in [-0.25, -0.2) is 15.0 Å². The number of aromatic nitrogens is 4. The number of nitrogens with two attached hydrogens (primary N) is 1. The van der Waals surface area contributed by atoms with Crippen molar-refractivity contribution in [3.05, 3.63) is 24.8 Å². The molecule has 0 spiro atoms. The Kier molecular flexibility index (Phi) is 5.92. The van der Waals surface area contributed by atoms with Crippen molar-refractivity contribution in [2.45, 2.75) is 82.2 Å². The molecular weight excluding hydrogens is 465 g/mol. The molecule has 3 aliphatic rings. The molecule has 0 unspecified atom stereocenters. The summed E-state index contributed by atoms with van der Waals surface area (Å²) in [6.07, 6.45) is 7.49. The van der Waals surface area contributed by atoms with Gasteiger partial charge in [0.25, 0.3) is 0 Å². The monoisotopic (exact) mass is 495 g/mol. The van der Waals surface area contributed by atoms with Gasteiger partial charge in [-0.15, -0.1) is 0 Å². The molecule has 0 bridgehead atoms. The van der Waals surface area contributed by atoms with Gasteiger partial charge in [-0.3, -0.25) is 4.57 Å². The fourth-order valence-corrected chi connectivity index (χ4v) is 12.6. The Labute approximate surface area is 197 Å². The van der Waals surface area contributed by atoms with E-state index in [2.05, 4.69) is 42.3 Å². The summed E-state index contributed by atoms with van der Waals surface area (Å²) in [5.41, 5.74) is 5.94. The van der Waals surface area contributed by atoms with Crippen molar-refractivity contribution < 1.29 is 13.8 Å². The van der Waals surface area contributed by atoms with Crippen LogP contribution in [-0.2, 0) is 25.6 Å². The quantitative estimate of drug-likeness (QED) is 0.455. The van der Waals surface area contributed by atoms with Gasteiger partial charge in [0.05, 0.1) is 24.6 Å². The van der Waals surface area contributed by atoms with Gasteiger partial charge in [-0.1, -0.05) is 30.5 Å². The number of hydrogen-bond donors (Lipinski definition) is 1. The maximum atomic E-state index is 6.61. The first kappa shape index (κ1) is 22.7. The lowest BCUT2D eigenvalue weighted by atomic mass is 9.77. The topological polar surface area (TPSA) is 97.3 Å². The van der Waals surface area contributed by atoms with E-state index in [4.69, 9.17) is 31.3 Å². The third kappa shape index (κ3) is 3.93. The maximum Gasteiger partial charge on any atom is 0.248 e. The minimum absolute atomic E-state index is 0.0110. The Morgan fingerprint density at radius 2 is 2.25 bits per heavy atom. The van der Waals surface area contributed by atoms with Gasteiger partial charge in [-0.2, -0.15) is 0 Å². The molecule has 4 heterocycles. The van der Waals surface area contributed by atoms with Crippen molar-refractivity contribution in [2.75, 3.05) is 5.73 Å². The fraction of sp³-hybridized carbons (Fsp3) is 0.667. The SMILES string of the molecule is C=C(C)[C@H]1CC[C@@]2(C)S[P@@](=S)(O[C@H]3C[C@H](n4cnc5c(N)ncnc54)O[C@@H]3CC)O[C@@H]2C1. The number of anilines is 1. The van der Waals surface area contributed by atoms with Gasteiger partial charge >= 0.3 is 0 Å². The number of nitrogens with zero attached hydrogens (tertiary/aromatic N) is 4. The van der Waals surface area contributed by atoms with Gasteiger partial charge in [0, 0.05) is 11.2 Å². The molecule has 1 saturated carbocycles. The molecule has 0 amide bonds. The molecule has 0 aromatic carbocycles. The summed E-state index contributed by atoms with van der Waals surface area (Å²) in [6.45, 7) is 10.7. The molecule has 7 atom stereocenters. The number of ether oxygens (including phenoxy) is 1. The summed E-state index contributed by atoms with van der Waals surface area (Å²) in [5.74, 6) is 0.864. The van der Waals surface area contributed by atoms with Gasteiger partial charge in [0.2, 0.25) is 5.69 Å². The molecule has 8 nitrogen and oxygen atoms in total. The molecular formula is C21H30N5O3PS2. The second-order valence-electron chi connectivity index (χ2n) is 9.26. The highest BCUT2D eigenvalue weighted by Gasteiger charge is 2.54. The van der Waals surface area contributed by atoms with Crippen molar-refractivity contribution in [1.82, 2.24) is 19.5 Å². The summed E-state index contributed by atoms with van der Waals surface area (Å²) in [4.78, 5) is 12.8. The molecule has 3 fully saturated rings. The van der Waals surface area contributed by atoms with Crippen LogP contribution in [0.5, 0.6) is 0 Å². The molecule has 11 heteroatoms. The van der Waals surface area contributed by atoms with Crippen LogP contribution in [0.15, 0.2) is 24.8 Å². The number of nitrogen functional groups attached to an aromatic ring is 1. The first-order valence-electron chi connectivity index (χ1n) is 11.1. The highest BCUT2D eigenvalue weighted by atomic mass is 32.9. The Bertz CT molecular complexity index is 1100. The van der Waals surface area contributed by atoms with Crippen LogP contribution in [0.25, 0.3) is 11.2 Å². The van der Waals surface area contributed by atoms with Crippen LogP contribution in [0.2, 0.25) is 0 Å². The van der Waals surface area contributed by atoms with Crippen molar-refractivity contribution >= 4 is 45.9 Å². The van der Waals surface area contributed by atoms with E-state index in [1.54, 1.807) is 17.7 Å². The number of hydrogen-bond acceptors (Lipinski definition) is 9. The van der Waals surface area contributed by atoms with E-state index in [-0.39, 0.29) is 29.3 Å². The molecule has 0 radical (unpaired) electrons. The van der Waals surface area contributed by atoms with E-state index in [1.807, 2.05) is 4.57 Å². The van der Waals surface area contributed by atoms with Gasteiger partial charge < -0.3 is 19.5 Å². The van der Waals surface area contributed by atoms with Gasteiger partial charge in [0.1, 0.15) is 18.1 Å². The smallest absolute Gasteiger partial charge is 0.248 e. The lowest BCUT2D eigenvalue weighted by Gasteiger charge is -2.37. The average Bonchev–Trinajstić information content (AvgIpc) is 3.40. The molecule has 2 saturated heterocycles. The lowest BCUT2D eigenvalue weighted by molar-refractivity contribution is -0.0151. The second-order valence-corrected chi connectivity index (χ2v) is 15.8. The largest absolute Gasteiger partial charge is 0.382 e. The highest BCUT2D eigenvalue weighted by Crippen LogP contribution is 2.76. The Hall–Kier alpha value is -1.03. The first-order chi connectivity index (χ1) is 15.2. The second kappa shape index (κ2) is 8.32. The average molecular weight is 496 g/mol. The zero-order chi connectivity index (χ0) is 22.7. The summed E-state index contributed by atoms with van der Waals surface area (Å²) >= 11 is 7.78. The van der Waals surface area contributed by atoms with Crippen LogP contribution in [0.3, 0.4) is 0 Å². The zero-order valence-electron chi connectivity index (χ0n) is 18.6. The molecule has 32 heavy (non-hydrogen) atoms. The minimum Gasteiger partial charge on any atom is -0.382 e. The summed E-state index contributed by atoms with van der Waals surface area (Å²) in [7, 11) is 0. The van der Waals surface area contributed by atoms with E-state index in [1.165, 1.54) is 11.9 Å². The molecule has 174 valence electrons. The highest BCUT2D eigenvalue weighted by molar-refractivity contribution is 8.68. The lowest BCUT2D eigenvalue weighted by Crippen LogP contribution is -2.39. The number of fused-ring (bicyclic) bond motifs is 2. The van der Waals surface area contributed by atoms with Crippen LogP contribution in [0.1, 0.15) is 59.1 Å². The van der Waals surface area contributed by atoms with Crippen LogP contribution in [-0.4, -0.2) is 42.6 Å². The summed E-state index contributed by atoms with van der Waals surface area (Å²) in [6, 6.07) is 0. The number of imidazole rings is 1. The normalized spacial score (nSPS) is 39.4. The van der Waals surface area contributed by atoms with Crippen molar-refractivity contribution in [3.63, 3.8) is 0 Å². The molecule has 2 N–H and O–H groups in total. The summed E-state index contributed by atoms with van der Waals surface area (Å²) in [5, 5.41) is 0. The minimum atomic E-state index is -2.49. The van der Waals surface area contributed by atoms with Crippen LogP contribution >= 0.6 is 17.1 Å². The van der Waals surface area contributed by atoms with Gasteiger partial charge in [0.15, 0.2) is 11.5 Å². The number of allylic oxidation sites excluding steroid dienone is 1. The predicted molar refractivity (Wildman–Crippen MR) is 131 cm³/mol. The van der Waals surface area contributed by atoms with Crippen molar-refractivity contribution in [2.24, 2.45) is 5.92 Å². The molecule has 2 aromatic heterocycles. The third-order valence-electron chi connectivity index (χ3n) is 6.99. The van der Waals surface area contributed by atoms with Gasteiger partial charge in [-0.05, 0) is 57.3 Å². The van der Waals surface area contributed by atoms with E-state index in [0.717, 1.165) is 25.7 Å². The van der Waals surface area contributed by atoms with Crippen LogP contribution in [0.4, 0.5) is 5.82 Å². The first-order valence-corrected chi connectivity index (χ1v) is 15.2. The molecule has 1 aliphatic carbocycles. The van der Waals surface area contributed by atoms with E-state index < -0.39 is 5.69 Å².